The fourth-order valence-corrected chi connectivity index (χ4v) is 2.18. The highest BCUT2D eigenvalue weighted by molar-refractivity contribution is 14.1. The molecule has 0 radical (unpaired) electrons. The van der Waals surface area contributed by atoms with Crippen molar-refractivity contribution >= 4 is 22.6 Å². The number of rotatable bonds is 1. The average molecular weight is 241 g/mol. The third kappa shape index (κ3) is 8.69. The number of hydrogen-bond acceptors (Lipinski definition) is 1. The molecule has 2 N–H and O–H groups in total. The van der Waals surface area contributed by atoms with Crippen molar-refractivity contribution in [2.45, 2.75) is 37.7 Å². The van der Waals surface area contributed by atoms with Crippen molar-refractivity contribution in [1.82, 2.24) is 0 Å². The van der Waals surface area contributed by atoms with Crippen LogP contribution >= 0.6 is 22.6 Å². The molecule has 0 saturated heterocycles. The maximum absolute atomic E-state index is 5.81. The Balaban J connectivity index is 3.75. The van der Waals surface area contributed by atoms with Gasteiger partial charge in [0.15, 0.2) is 0 Å². The number of hydrogen-bond donors (Lipinski definition) is 1. The lowest BCUT2D eigenvalue weighted by Gasteiger charge is -2.26. The summed E-state index contributed by atoms with van der Waals surface area (Å²) < 4.78 is -0.0456. The van der Waals surface area contributed by atoms with E-state index < -0.39 is 0 Å². The first-order valence-electron chi connectivity index (χ1n) is 3.18. The Bertz CT molecular complexity index is 74.1. The molecule has 9 heavy (non-hydrogen) atoms. The van der Waals surface area contributed by atoms with E-state index in [1.54, 1.807) is 0 Å². The lowest BCUT2D eigenvalue weighted by molar-refractivity contribution is 0.341. The first-order chi connectivity index (χ1) is 3.71. The summed E-state index contributed by atoms with van der Waals surface area (Å²) in [5.74, 6) is 0. The maximum atomic E-state index is 5.81. The average Bonchev–Trinajstić information content (AvgIpc) is 1.14. The lowest BCUT2D eigenvalue weighted by atomic mass is 9.89. The Kier molecular flexibility index (Phi) is 2.95. The number of alkyl halides is 1. The van der Waals surface area contributed by atoms with Crippen molar-refractivity contribution in [2.24, 2.45) is 11.1 Å². The van der Waals surface area contributed by atoms with Gasteiger partial charge in [0, 0.05) is 0 Å². The van der Waals surface area contributed by atoms with Gasteiger partial charge in [-0.3, -0.25) is 0 Å². The Hall–Kier alpha value is 0.690. The van der Waals surface area contributed by atoms with Gasteiger partial charge in [-0.25, -0.2) is 0 Å². The van der Waals surface area contributed by atoms with Crippen LogP contribution in [0.25, 0.3) is 0 Å². The highest BCUT2D eigenvalue weighted by Crippen LogP contribution is 2.29. The van der Waals surface area contributed by atoms with E-state index in [-0.39, 0.29) is 3.55 Å². The minimum atomic E-state index is -0.0456. The Morgan fingerprint density at radius 3 is 1.56 bits per heavy atom. The van der Waals surface area contributed by atoms with Gasteiger partial charge in [-0.2, -0.15) is 0 Å². The molecule has 0 saturated carbocycles. The zero-order valence-electron chi connectivity index (χ0n) is 6.66. The van der Waals surface area contributed by atoms with E-state index in [4.69, 9.17) is 5.73 Å². The summed E-state index contributed by atoms with van der Waals surface area (Å²) in [5.41, 5.74) is 6.16. The smallest absolute Gasteiger partial charge is 0.0657 e. The van der Waals surface area contributed by atoms with Gasteiger partial charge in [0.25, 0.3) is 0 Å². The first-order valence-corrected chi connectivity index (χ1v) is 4.26. The number of halogens is 1. The van der Waals surface area contributed by atoms with E-state index in [2.05, 4.69) is 50.3 Å². The van der Waals surface area contributed by atoms with E-state index >= 15 is 0 Å². The fourth-order valence-electron chi connectivity index (χ4n) is 1.04. The Labute approximate surface area is 71.5 Å². The zero-order valence-corrected chi connectivity index (χ0v) is 8.82. The van der Waals surface area contributed by atoms with Gasteiger partial charge >= 0.3 is 0 Å². The van der Waals surface area contributed by atoms with Crippen molar-refractivity contribution in [3.8, 4) is 0 Å². The second-order valence-electron chi connectivity index (χ2n) is 4.02. The third-order valence-corrected chi connectivity index (χ3v) is 1.26. The highest BCUT2D eigenvalue weighted by atomic mass is 127. The molecule has 0 aliphatic rings. The van der Waals surface area contributed by atoms with Gasteiger partial charge in [0.05, 0.1) is 3.55 Å². The van der Waals surface area contributed by atoms with E-state index in [0.29, 0.717) is 5.41 Å². The van der Waals surface area contributed by atoms with Crippen LogP contribution in [-0.4, -0.2) is 3.55 Å². The molecule has 0 spiro atoms. The van der Waals surface area contributed by atoms with Crippen molar-refractivity contribution in [3.05, 3.63) is 0 Å². The third-order valence-electron chi connectivity index (χ3n) is 0.876. The molecule has 0 aromatic rings. The van der Waals surface area contributed by atoms with E-state index in [9.17, 15) is 0 Å². The SMILES string of the molecule is CC(C)(C)CC(C)(N)I. The van der Waals surface area contributed by atoms with Crippen LogP contribution in [0.1, 0.15) is 34.1 Å². The molecule has 0 heterocycles. The van der Waals surface area contributed by atoms with E-state index in [0.717, 1.165) is 6.42 Å². The molecule has 1 atom stereocenters. The molecular weight excluding hydrogens is 225 g/mol. The van der Waals surface area contributed by atoms with Crippen molar-refractivity contribution in [1.29, 1.82) is 0 Å². The Morgan fingerprint density at radius 1 is 1.22 bits per heavy atom. The molecule has 0 aromatic carbocycles. The summed E-state index contributed by atoms with van der Waals surface area (Å²) in [4.78, 5) is 0. The summed E-state index contributed by atoms with van der Waals surface area (Å²) in [6.45, 7) is 8.67. The normalized spacial score (nSPS) is 19.3. The molecule has 0 aromatic heterocycles. The van der Waals surface area contributed by atoms with Gasteiger partial charge in [-0.15, -0.1) is 0 Å². The largest absolute Gasteiger partial charge is 0.317 e. The molecule has 56 valence electrons. The van der Waals surface area contributed by atoms with Crippen LogP contribution < -0.4 is 5.73 Å². The second-order valence-corrected chi connectivity index (χ2v) is 6.48. The minimum Gasteiger partial charge on any atom is -0.317 e. The van der Waals surface area contributed by atoms with Gasteiger partial charge in [0.2, 0.25) is 0 Å². The number of nitrogens with two attached hydrogens (primary N) is 1. The predicted molar refractivity (Wildman–Crippen MR) is 50.7 cm³/mol. The predicted octanol–water partition coefficient (Wildman–Crippen LogP) is 2.53. The van der Waals surface area contributed by atoms with Crippen LogP contribution in [0.5, 0.6) is 0 Å². The maximum Gasteiger partial charge on any atom is 0.0657 e. The van der Waals surface area contributed by atoms with Gasteiger partial charge in [0.1, 0.15) is 0 Å². The van der Waals surface area contributed by atoms with Crippen LogP contribution in [0.15, 0.2) is 0 Å². The van der Waals surface area contributed by atoms with Crippen LogP contribution in [0.3, 0.4) is 0 Å². The second kappa shape index (κ2) is 2.74. The molecule has 0 bridgehead atoms. The molecule has 1 nitrogen and oxygen atoms in total. The van der Waals surface area contributed by atoms with Gasteiger partial charge < -0.3 is 5.73 Å². The quantitative estimate of drug-likeness (QED) is 0.426. The van der Waals surface area contributed by atoms with Crippen molar-refractivity contribution in [2.75, 3.05) is 0 Å². The molecule has 0 amide bonds. The summed E-state index contributed by atoms with van der Waals surface area (Å²) in [6.07, 6.45) is 1.06. The summed E-state index contributed by atoms with van der Waals surface area (Å²) in [5, 5.41) is 0. The highest BCUT2D eigenvalue weighted by Gasteiger charge is 2.22. The zero-order chi connectivity index (χ0) is 7.71. The van der Waals surface area contributed by atoms with Crippen LogP contribution in [0.4, 0.5) is 0 Å². The van der Waals surface area contributed by atoms with Gasteiger partial charge in [-0.05, 0) is 18.8 Å². The fraction of sp³-hybridized carbons (Fsp3) is 1.00. The Morgan fingerprint density at radius 2 is 1.56 bits per heavy atom. The monoisotopic (exact) mass is 241 g/mol. The van der Waals surface area contributed by atoms with Crippen molar-refractivity contribution < 1.29 is 0 Å². The molecule has 1 unspecified atom stereocenters. The first kappa shape index (κ1) is 9.69. The van der Waals surface area contributed by atoms with E-state index in [1.165, 1.54) is 0 Å². The summed E-state index contributed by atoms with van der Waals surface area (Å²) >= 11 is 2.28. The molecule has 2 heteroatoms. The van der Waals surface area contributed by atoms with Crippen LogP contribution in [0.2, 0.25) is 0 Å². The van der Waals surface area contributed by atoms with Gasteiger partial charge in [-0.1, -0.05) is 43.4 Å². The molecule has 0 aliphatic heterocycles. The standard InChI is InChI=1S/C7H16IN/c1-6(2,3)5-7(4,8)9/h5,9H2,1-4H3. The summed E-state index contributed by atoms with van der Waals surface area (Å²) in [7, 11) is 0. The molecule has 0 rings (SSSR count). The van der Waals surface area contributed by atoms with Crippen LogP contribution in [0, 0.1) is 5.41 Å². The molecular formula is C7H16IN. The topological polar surface area (TPSA) is 26.0 Å². The molecule has 0 aliphatic carbocycles. The lowest BCUT2D eigenvalue weighted by Crippen LogP contribution is -2.32. The minimum absolute atomic E-state index is 0.0456. The summed E-state index contributed by atoms with van der Waals surface area (Å²) in [6, 6.07) is 0. The van der Waals surface area contributed by atoms with E-state index in [1.807, 2.05) is 0 Å². The van der Waals surface area contributed by atoms with Crippen molar-refractivity contribution in [3.63, 3.8) is 0 Å². The van der Waals surface area contributed by atoms with Crippen LogP contribution in [-0.2, 0) is 0 Å². The molecule has 0 fully saturated rings.